The van der Waals surface area contributed by atoms with E-state index in [0.29, 0.717) is 43.3 Å². The highest BCUT2D eigenvalue weighted by molar-refractivity contribution is 5.81. The van der Waals surface area contributed by atoms with Crippen LogP contribution in [0.15, 0.2) is 48.7 Å². The molecule has 1 amide bonds. The normalized spacial score (nSPS) is 17.4. The molecule has 0 unspecified atom stereocenters. The average molecular weight is 366 g/mol. The number of pyridine rings is 1. The molecule has 4 rings (SSSR count). The third-order valence-electron chi connectivity index (χ3n) is 4.97. The van der Waals surface area contributed by atoms with E-state index in [2.05, 4.69) is 4.98 Å². The summed E-state index contributed by atoms with van der Waals surface area (Å²) in [5.41, 5.74) is 0. The molecule has 2 aromatic rings. The van der Waals surface area contributed by atoms with Crippen molar-refractivity contribution in [3.05, 3.63) is 48.7 Å². The van der Waals surface area contributed by atoms with E-state index in [1.165, 1.54) is 0 Å². The number of benzene rings is 1. The van der Waals surface area contributed by atoms with Crippen molar-refractivity contribution in [1.29, 1.82) is 0 Å². The average Bonchev–Trinajstić information content (AvgIpc) is 3.55. The molecule has 0 N–H and O–H groups in total. The van der Waals surface area contributed by atoms with Gasteiger partial charge in [0.15, 0.2) is 0 Å². The minimum absolute atomic E-state index is 0.155. The molecule has 1 saturated carbocycles. The Kier molecular flexibility index (Phi) is 5.05. The summed E-state index contributed by atoms with van der Waals surface area (Å²) in [4.78, 5) is 30.5. The zero-order valence-corrected chi connectivity index (χ0v) is 15.0. The molecule has 0 spiro atoms. The van der Waals surface area contributed by atoms with Gasteiger partial charge >= 0.3 is 5.97 Å². The van der Waals surface area contributed by atoms with Crippen LogP contribution in [0.4, 0.5) is 0 Å². The van der Waals surface area contributed by atoms with Crippen molar-refractivity contribution in [1.82, 2.24) is 9.88 Å². The second-order valence-electron chi connectivity index (χ2n) is 7.04. The van der Waals surface area contributed by atoms with Gasteiger partial charge < -0.3 is 14.4 Å². The Labute approximate surface area is 158 Å². The van der Waals surface area contributed by atoms with Crippen LogP contribution in [0.2, 0.25) is 0 Å². The molecule has 2 heterocycles. The number of nitrogens with zero attached hydrogens (tertiary/aromatic N) is 2. The van der Waals surface area contributed by atoms with Crippen molar-refractivity contribution < 1.29 is 19.1 Å². The van der Waals surface area contributed by atoms with Crippen molar-refractivity contribution in [3.63, 3.8) is 0 Å². The highest BCUT2D eigenvalue weighted by Crippen LogP contribution is 2.32. The largest absolute Gasteiger partial charge is 0.439 e. The number of hydrogen-bond acceptors (Lipinski definition) is 5. The Morgan fingerprint density at radius 3 is 2.22 bits per heavy atom. The minimum Gasteiger partial charge on any atom is -0.439 e. The molecule has 2 fully saturated rings. The Morgan fingerprint density at radius 2 is 1.59 bits per heavy atom. The van der Waals surface area contributed by atoms with Gasteiger partial charge in [0, 0.05) is 31.3 Å². The van der Waals surface area contributed by atoms with Gasteiger partial charge in [-0.15, -0.1) is 0 Å². The standard InChI is InChI=1S/C21H22N2O4/c24-20(15-4-5-15)23-13-10-16(11-14-23)21(25)27-18-8-6-17(7-9-18)26-19-3-1-2-12-22-19/h1-3,6-9,12,15-16H,4-5,10-11,13-14H2. The summed E-state index contributed by atoms with van der Waals surface area (Å²) in [7, 11) is 0. The van der Waals surface area contributed by atoms with Crippen molar-refractivity contribution in [3.8, 4) is 17.4 Å². The minimum atomic E-state index is -0.230. The smallest absolute Gasteiger partial charge is 0.314 e. The van der Waals surface area contributed by atoms with Gasteiger partial charge in [0.2, 0.25) is 11.8 Å². The first-order valence-electron chi connectivity index (χ1n) is 9.38. The highest BCUT2D eigenvalue weighted by atomic mass is 16.5. The summed E-state index contributed by atoms with van der Waals surface area (Å²) in [5, 5.41) is 0. The number of amides is 1. The number of hydrogen-bond donors (Lipinski definition) is 0. The summed E-state index contributed by atoms with van der Waals surface area (Å²) in [6.45, 7) is 1.29. The molecular weight excluding hydrogens is 344 g/mol. The molecule has 1 aromatic heterocycles. The van der Waals surface area contributed by atoms with Gasteiger partial charge in [-0.1, -0.05) is 6.07 Å². The van der Waals surface area contributed by atoms with Crippen LogP contribution in [0.5, 0.6) is 17.4 Å². The van der Waals surface area contributed by atoms with E-state index in [9.17, 15) is 9.59 Å². The summed E-state index contributed by atoms with van der Waals surface area (Å²) < 4.78 is 11.1. The topological polar surface area (TPSA) is 68.7 Å². The Bertz CT molecular complexity index is 795. The first-order valence-corrected chi connectivity index (χ1v) is 9.38. The van der Waals surface area contributed by atoms with Crippen molar-refractivity contribution >= 4 is 11.9 Å². The number of aromatic nitrogens is 1. The van der Waals surface area contributed by atoms with Gasteiger partial charge in [-0.05, 0) is 56.0 Å². The molecule has 0 atom stereocenters. The number of piperidine rings is 1. The van der Waals surface area contributed by atoms with Crippen LogP contribution in [-0.4, -0.2) is 34.8 Å². The molecule has 27 heavy (non-hydrogen) atoms. The van der Waals surface area contributed by atoms with Gasteiger partial charge in [0.05, 0.1) is 5.92 Å². The monoisotopic (exact) mass is 366 g/mol. The maximum Gasteiger partial charge on any atom is 0.314 e. The summed E-state index contributed by atoms with van der Waals surface area (Å²) >= 11 is 0. The van der Waals surface area contributed by atoms with Crippen LogP contribution < -0.4 is 9.47 Å². The zero-order valence-electron chi connectivity index (χ0n) is 15.0. The Balaban J connectivity index is 1.27. The highest BCUT2D eigenvalue weighted by Gasteiger charge is 2.36. The molecule has 1 aromatic carbocycles. The molecular formula is C21H22N2O4. The van der Waals surface area contributed by atoms with E-state index in [0.717, 1.165) is 12.8 Å². The lowest BCUT2D eigenvalue weighted by Crippen LogP contribution is -2.41. The van der Waals surface area contributed by atoms with E-state index in [1.807, 2.05) is 17.0 Å². The number of likely N-dealkylation sites (tertiary alicyclic amines) is 1. The quantitative estimate of drug-likeness (QED) is 0.599. The maximum atomic E-state index is 12.4. The van der Waals surface area contributed by atoms with Gasteiger partial charge in [-0.3, -0.25) is 9.59 Å². The number of carbonyl (C=O) groups excluding carboxylic acids is 2. The van der Waals surface area contributed by atoms with E-state index in [4.69, 9.17) is 9.47 Å². The van der Waals surface area contributed by atoms with Crippen LogP contribution in [-0.2, 0) is 9.59 Å². The predicted octanol–water partition coefficient (Wildman–Crippen LogP) is 3.43. The van der Waals surface area contributed by atoms with E-state index in [1.54, 1.807) is 36.5 Å². The van der Waals surface area contributed by atoms with Crippen LogP contribution in [0, 0.1) is 11.8 Å². The van der Waals surface area contributed by atoms with Gasteiger partial charge in [-0.25, -0.2) is 4.98 Å². The molecule has 1 aliphatic heterocycles. The van der Waals surface area contributed by atoms with Crippen LogP contribution >= 0.6 is 0 Å². The summed E-state index contributed by atoms with van der Waals surface area (Å²) in [6, 6.07) is 12.4. The third kappa shape index (κ3) is 4.45. The fourth-order valence-electron chi connectivity index (χ4n) is 3.23. The second-order valence-corrected chi connectivity index (χ2v) is 7.04. The predicted molar refractivity (Wildman–Crippen MR) is 98.4 cm³/mol. The van der Waals surface area contributed by atoms with E-state index in [-0.39, 0.29) is 23.7 Å². The molecule has 0 radical (unpaired) electrons. The lowest BCUT2D eigenvalue weighted by atomic mass is 9.96. The number of ether oxygens (including phenoxy) is 2. The number of esters is 1. The number of carbonyl (C=O) groups is 2. The molecule has 2 aliphatic rings. The van der Waals surface area contributed by atoms with Crippen molar-refractivity contribution in [2.75, 3.05) is 13.1 Å². The van der Waals surface area contributed by atoms with Gasteiger partial charge in [0.25, 0.3) is 0 Å². The Hall–Kier alpha value is -2.89. The fourth-order valence-corrected chi connectivity index (χ4v) is 3.23. The summed E-state index contributed by atoms with van der Waals surface area (Å²) in [6.07, 6.45) is 5.02. The van der Waals surface area contributed by atoms with Gasteiger partial charge in [-0.2, -0.15) is 0 Å². The molecule has 140 valence electrons. The SMILES string of the molecule is O=C(Oc1ccc(Oc2ccccn2)cc1)C1CCN(C(=O)C2CC2)CC1. The lowest BCUT2D eigenvalue weighted by molar-refractivity contribution is -0.143. The fraction of sp³-hybridized carbons (Fsp3) is 0.381. The molecule has 6 heteroatoms. The van der Waals surface area contributed by atoms with E-state index < -0.39 is 0 Å². The first kappa shape index (κ1) is 17.5. The van der Waals surface area contributed by atoms with E-state index >= 15 is 0 Å². The second kappa shape index (κ2) is 7.78. The van der Waals surface area contributed by atoms with Crippen molar-refractivity contribution in [2.45, 2.75) is 25.7 Å². The molecule has 1 aliphatic carbocycles. The third-order valence-corrected chi connectivity index (χ3v) is 4.97. The molecule has 6 nitrogen and oxygen atoms in total. The van der Waals surface area contributed by atoms with Crippen LogP contribution in [0.25, 0.3) is 0 Å². The molecule has 0 bridgehead atoms. The van der Waals surface area contributed by atoms with Crippen LogP contribution in [0.1, 0.15) is 25.7 Å². The zero-order chi connectivity index (χ0) is 18.6. The maximum absolute atomic E-state index is 12.4. The lowest BCUT2D eigenvalue weighted by Gasteiger charge is -2.31. The van der Waals surface area contributed by atoms with Crippen LogP contribution in [0.3, 0.4) is 0 Å². The first-order chi connectivity index (χ1) is 13.2. The Morgan fingerprint density at radius 1 is 0.889 bits per heavy atom. The number of rotatable bonds is 5. The summed E-state index contributed by atoms with van der Waals surface area (Å²) in [5.74, 6) is 1.73. The van der Waals surface area contributed by atoms with Gasteiger partial charge in [0.1, 0.15) is 11.5 Å². The van der Waals surface area contributed by atoms with Crippen molar-refractivity contribution in [2.24, 2.45) is 11.8 Å². The molecule has 1 saturated heterocycles.